The molecule has 0 radical (unpaired) electrons. The predicted molar refractivity (Wildman–Crippen MR) is 73.4 cm³/mol. The highest BCUT2D eigenvalue weighted by Crippen LogP contribution is 2.32. The van der Waals surface area contributed by atoms with Gasteiger partial charge in [-0.15, -0.1) is 0 Å². The summed E-state index contributed by atoms with van der Waals surface area (Å²) in [6.07, 6.45) is -2.86. The highest BCUT2D eigenvalue weighted by molar-refractivity contribution is 5.84. The summed E-state index contributed by atoms with van der Waals surface area (Å²) >= 11 is 0. The molecular weight excluding hydrogens is 290 g/mol. The standard InChI is InChI=1S/C15H17NO6/c1-20-14(19)12-11-10(8-17)16(13(18)15(21-11)22-12)7-9-5-3-2-4-6-9/h2-6,10-12,15,17H,7-8H2,1H3/t10-,11-,12+,15+/m1/s1. The van der Waals surface area contributed by atoms with E-state index in [1.807, 2.05) is 30.3 Å². The van der Waals surface area contributed by atoms with E-state index in [0.29, 0.717) is 6.54 Å². The number of amides is 1. The van der Waals surface area contributed by atoms with E-state index in [-0.39, 0.29) is 6.61 Å². The zero-order valence-corrected chi connectivity index (χ0v) is 12.0. The first-order valence-electron chi connectivity index (χ1n) is 6.99. The zero-order valence-electron chi connectivity index (χ0n) is 12.0. The maximum atomic E-state index is 12.4. The number of methoxy groups -OCH3 is 1. The highest BCUT2D eigenvalue weighted by atomic mass is 16.8. The number of ether oxygens (including phenoxy) is 3. The lowest BCUT2D eigenvalue weighted by Gasteiger charge is -2.38. The molecule has 2 fully saturated rings. The minimum atomic E-state index is -1.12. The second-order valence-corrected chi connectivity index (χ2v) is 5.21. The Morgan fingerprint density at radius 2 is 2.05 bits per heavy atom. The number of morpholine rings is 1. The van der Waals surface area contributed by atoms with Gasteiger partial charge in [-0.2, -0.15) is 0 Å². The maximum absolute atomic E-state index is 12.4. The average Bonchev–Trinajstić information content (AvgIpc) is 2.95. The third-order valence-electron chi connectivity index (χ3n) is 3.93. The van der Waals surface area contributed by atoms with Gasteiger partial charge in [0.2, 0.25) is 6.29 Å². The molecule has 4 atom stereocenters. The minimum Gasteiger partial charge on any atom is -0.467 e. The Bertz CT molecular complexity index is 562. The van der Waals surface area contributed by atoms with Crippen LogP contribution in [0.3, 0.4) is 0 Å². The fraction of sp³-hybridized carbons (Fsp3) is 0.467. The lowest BCUT2D eigenvalue weighted by atomic mass is 10.0. The summed E-state index contributed by atoms with van der Waals surface area (Å²) in [5.41, 5.74) is 0.921. The van der Waals surface area contributed by atoms with Crippen LogP contribution in [0.2, 0.25) is 0 Å². The summed E-state index contributed by atoms with van der Waals surface area (Å²) in [7, 11) is 1.24. The molecule has 1 aromatic carbocycles. The molecular formula is C15H17NO6. The summed E-state index contributed by atoms with van der Waals surface area (Å²) in [4.78, 5) is 25.7. The molecule has 0 spiro atoms. The molecule has 22 heavy (non-hydrogen) atoms. The Hall–Kier alpha value is -1.96. The Morgan fingerprint density at radius 3 is 2.68 bits per heavy atom. The van der Waals surface area contributed by atoms with Crippen LogP contribution in [0.5, 0.6) is 0 Å². The smallest absolute Gasteiger partial charge is 0.337 e. The van der Waals surface area contributed by atoms with Crippen molar-refractivity contribution in [2.24, 2.45) is 0 Å². The van der Waals surface area contributed by atoms with Gasteiger partial charge >= 0.3 is 5.97 Å². The normalized spacial score (nSPS) is 30.5. The molecule has 1 amide bonds. The van der Waals surface area contributed by atoms with Gasteiger partial charge in [-0.3, -0.25) is 4.79 Å². The number of carbonyl (C=O) groups excluding carboxylic acids is 2. The number of fused-ring (bicyclic) bond motifs is 2. The number of aliphatic hydroxyl groups excluding tert-OH is 1. The van der Waals surface area contributed by atoms with Gasteiger partial charge in [-0.25, -0.2) is 4.79 Å². The fourth-order valence-electron chi connectivity index (χ4n) is 2.83. The Kier molecular flexibility index (Phi) is 4.10. The quantitative estimate of drug-likeness (QED) is 0.767. The molecule has 1 N–H and O–H groups in total. The van der Waals surface area contributed by atoms with Crippen LogP contribution in [-0.4, -0.2) is 60.1 Å². The lowest BCUT2D eigenvalue weighted by Crippen LogP contribution is -2.57. The Morgan fingerprint density at radius 1 is 1.32 bits per heavy atom. The average molecular weight is 307 g/mol. The van der Waals surface area contributed by atoms with Crippen LogP contribution >= 0.6 is 0 Å². The number of esters is 1. The second-order valence-electron chi connectivity index (χ2n) is 5.21. The van der Waals surface area contributed by atoms with Gasteiger partial charge in [0.1, 0.15) is 6.10 Å². The van der Waals surface area contributed by atoms with E-state index in [1.54, 1.807) is 0 Å². The molecule has 2 bridgehead atoms. The van der Waals surface area contributed by atoms with Crippen molar-refractivity contribution in [3.8, 4) is 0 Å². The summed E-state index contributed by atoms with van der Waals surface area (Å²) in [6.45, 7) is -0.00860. The number of carbonyl (C=O) groups is 2. The van der Waals surface area contributed by atoms with Crippen molar-refractivity contribution in [2.75, 3.05) is 13.7 Å². The van der Waals surface area contributed by atoms with Crippen molar-refractivity contribution < 1.29 is 28.9 Å². The SMILES string of the molecule is COC(=O)[C@H]1O[C@@H]2O[C@@H]1[C@@H](CO)N(Cc1ccccc1)C2=O. The largest absolute Gasteiger partial charge is 0.467 e. The van der Waals surface area contributed by atoms with Gasteiger partial charge in [0, 0.05) is 6.54 Å². The first kappa shape index (κ1) is 15.0. The van der Waals surface area contributed by atoms with E-state index in [4.69, 9.17) is 9.47 Å². The summed E-state index contributed by atoms with van der Waals surface area (Å²) in [5.74, 6) is -1.01. The Balaban J connectivity index is 1.85. The molecule has 3 rings (SSSR count). The van der Waals surface area contributed by atoms with Gasteiger partial charge in [0.15, 0.2) is 6.10 Å². The topological polar surface area (TPSA) is 85.3 Å². The van der Waals surface area contributed by atoms with Gasteiger partial charge in [0.25, 0.3) is 5.91 Å². The lowest BCUT2D eigenvalue weighted by molar-refractivity contribution is -0.181. The van der Waals surface area contributed by atoms with Gasteiger partial charge in [-0.05, 0) is 5.56 Å². The fourth-order valence-corrected chi connectivity index (χ4v) is 2.83. The monoisotopic (exact) mass is 307 g/mol. The number of nitrogens with zero attached hydrogens (tertiary/aromatic N) is 1. The predicted octanol–water partition coefficient (Wildman–Crippen LogP) is -0.327. The number of benzene rings is 1. The molecule has 7 heteroatoms. The third-order valence-corrected chi connectivity index (χ3v) is 3.93. The van der Waals surface area contributed by atoms with Gasteiger partial charge in [0.05, 0.1) is 19.8 Å². The highest BCUT2D eigenvalue weighted by Gasteiger charge is 2.55. The van der Waals surface area contributed by atoms with E-state index in [1.165, 1.54) is 12.0 Å². The van der Waals surface area contributed by atoms with Crippen molar-refractivity contribution >= 4 is 11.9 Å². The third kappa shape index (κ3) is 2.47. The first-order chi connectivity index (χ1) is 10.7. The van der Waals surface area contributed by atoms with Crippen molar-refractivity contribution in [2.45, 2.75) is 31.1 Å². The van der Waals surface area contributed by atoms with Crippen LogP contribution in [0, 0.1) is 0 Å². The van der Waals surface area contributed by atoms with Gasteiger partial charge in [-0.1, -0.05) is 30.3 Å². The molecule has 0 saturated carbocycles. The molecule has 2 aliphatic heterocycles. The Labute approximate surface area is 127 Å². The van der Waals surface area contributed by atoms with E-state index in [9.17, 15) is 14.7 Å². The number of hydrogen-bond acceptors (Lipinski definition) is 6. The van der Waals surface area contributed by atoms with Crippen LogP contribution in [0.15, 0.2) is 30.3 Å². The minimum absolute atomic E-state index is 0.318. The molecule has 1 aromatic rings. The van der Waals surface area contributed by atoms with E-state index >= 15 is 0 Å². The van der Waals surface area contributed by atoms with E-state index in [0.717, 1.165) is 5.56 Å². The van der Waals surface area contributed by atoms with Crippen molar-refractivity contribution in [3.63, 3.8) is 0 Å². The second kappa shape index (κ2) is 6.04. The van der Waals surface area contributed by atoms with Crippen molar-refractivity contribution in [1.29, 1.82) is 0 Å². The molecule has 2 saturated heterocycles. The van der Waals surface area contributed by atoms with E-state index < -0.39 is 36.4 Å². The first-order valence-corrected chi connectivity index (χ1v) is 6.99. The zero-order chi connectivity index (χ0) is 15.7. The van der Waals surface area contributed by atoms with E-state index in [2.05, 4.69) is 4.74 Å². The molecule has 2 heterocycles. The molecule has 2 aliphatic rings. The van der Waals surface area contributed by atoms with Crippen LogP contribution in [-0.2, 0) is 30.3 Å². The molecule has 7 nitrogen and oxygen atoms in total. The molecule has 118 valence electrons. The van der Waals surface area contributed by atoms with Crippen LogP contribution < -0.4 is 0 Å². The molecule has 0 aliphatic carbocycles. The van der Waals surface area contributed by atoms with Crippen molar-refractivity contribution in [1.82, 2.24) is 4.90 Å². The van der Waals surface area contributed by atoms with Gasteiger partial charge < -0.3 is 24.2 Å². The maximum Gasteiger partial charge on any atom is 0.337 e. The van der Waals surface area contributed by atoms with Crippen LogP contribution in [0.1, 0.15) is 5.56 Å². The number of rotatable bonds is 4. The molecule has 0 unspecified atom stereocenters. The number of aliphatic hydroxyl groups is 1. The van der Waals surface area contributed by atoms with Crippen LogP contribution in [0.25, 0.3) is 0 Å². The van der Waals surface area contributed by atoms with Crippen molar-refractivity contribution in [3.05, 3.63) is 35.9 Å². The van der Waals surface area contributed by atoms with Crippen LogP contribution in [0.4, 0.5) is 0 Å². The molecule has 0 aromatic heterocycles. The number of hydrogen-bond donors (Lipinski definition) is 1. The summed E-state index contributed by atoms with van der Waals surface area (Å²) in [5, 5.41) is 9.67. The summed E-state index contributed by atoms with van der Waals surface area (Å²) < 4.78 is 15.5. The summed E-state index contributed by atoms with van der Waals surface area (Å²) in [6, 6.07) is 8.74.